The van der Waals surface area contributed by atoms with Crippen molar-refractivity contribution < 1.29 is 4.79 Å². The fraction of sp³-hybridized carbons (Fsp3) is 0.583. The quantitative estimate of drug-likeness (QED) is 0.826. The van der Waals surface area contributed by atoms with Gasteiger partial charge in [-0.1, -0.05) is 0 Å². The Bertz CT molecular complexity index is 473. The van der Waals surface area contributed by atoms with Crippen LogP contribution in [0, 0.1) is 12.8 Å². The normalized spacial score (nSPS) is 17.2. The van der Waals surface area contributed by atoms with Gasteiger partial charge >= 0.3 is 0 Å². The zero-order valence-electron chi connectivity index (χ0n) is 10.2. The van der Waals surface area contributed by atoms with Crippen molar-refractivity contribution >= 4 is 11.6 Å². The van der Waals surface area contributed by atoms with Crippen LogP contribution in [0.5, 0.6) is 0 Å². The summed E-state index contributed by atoms with van der Waals surface area (Å²) in [5.41, 5.74) is -0.124. The molecule has 0 aliphatic carbocycles. The Hall–Kier alpha value is -1.65. The Kier molecular flexibility index (Phi) is 3.26. The average molecular weight is 235 g/mol. The number of hydrogen-bond acceptors (Lipinski definition) is 4. The van der Waals surface area contributed by atoms with Gasteiger partial charge in [-0.05, 0) is 26.7 Å². The maximum absolute atomic E-state index is 11.3. The van der Waals surface area contributed by atoms with Crippen LogP contribution in [0.25, 0.3) is 0 Å². The number of ketones is 1. The molecule has 2 heterocycles. The fourth-order valence-electron chi connectivity index (χ4n) is 2.24. The largest absolute Gasteiger partial charge is 0.356 e. The minimum atomic E-state index is -0.124. The minimum absolute atomic E-state index is 0.124. The van der Waals surface area contributed by atoms with Crippen LogP contribution in [0.15, 0.2) is 10.9 Å². The average Bonchev–Trinajstić information content (AvgIpc) is 2.28. The van der Waals surface area contributed by atoms with Gasteiger partial charge in [0.05, 0.1) is 0 Å². The molecule has 1 N–H and O–H groups in total. The van der Waals surface area contributed by atoms with Gasteiger partial charge in [-0.3, -0.25) is 9.59 Å². The van der Waals surface area contributed by atoms with Crippen molar-refractivity contribution in [2.24, 2.45) is 5.92 Å². The Balaban J connectivity index is 2.10. The topological polar surface area (TPSA) is 66.1 Å². The lowest BCUT2D eigenvalue weighted by Gasteiger charge is -2.31. The van der Waals surface area contributed by atoms with Crippen LogP contribution in [0.1, 0.15) is 25.6 Å². The molecule has 1 fully saturated rings. The number of carbonyl (C=O) groups excluding carboxylic acids is 1. The molecule has 5 nitrogen and oxygen atoms in total. The van der Waals surface area contributed by atoms with Gasteiger partial charge in [-0.2, -0.15) is 0 Å². The third kappa shape index (κ3) is 2.72. The van der Waals surface area contributed by atoms with E-state index < -0.39 is 0 Å². The van der Waals surface area contributed by atoms with Gasteiger partial charge in [0.1, 0.15) is 17.4 Å². The molecule has 0 bridgehead atoms. The van der Waals surface area contributed by atoms with Crippen molar-refractivity contribution in [1.82, 2.24) is 9.97 Å². The lowest BCUT2D eigenvalue weighted by molar-refractivity contribution is -0.121. The molecule has 0 spiro atoms. The molecule has 2 rings (SSSR count). The van der Waals surface area contributed by atoms with Gasteiger partial charge in [0.15, 0.2) is 0 Å². The second kappa shape index (κ2) is 4.69. The molecule has 0 saturated carbocycles. The number of nitrogens with zero attached hydrogens (tertiary/aromatic N) is 2. The van der Waals surface area contributed by atoms with E-state index >= 15 is 0 Å². The first-order valence-corrected chi connectivity index (χ1v) is 5.89. The standard InChI is InChI=1S/C12H17N3O2/c1-8(16)10-3-5-15(6-4-10)11-7-12(17)14-9(2)13-11/h7,10H,3-6H2,1-2H3,(H,13,14,17). The molecule has 1 aliphatic heterocycles. The SMILES string of the molecule is CC(=O)C1CCN(c2cc(=O)[nH]c(C)n2)CC1. The molecule has 5 heteroatoms. The van der Waals surface area contributed by atoms with E-state index in [1.807, 2.05) is 0 Å². The zero-order valence-corrected chi connectivity index (χ0v) is 10.2. The first kappa shape index (κ1) is 11.8. The van der Waals surface area contributed by atoms with Crippen molar-refractivity contribution in [2.75, 3.05) is 18.0 Å². The predicted molar refractivity (Wildman–Crippen MR) is 65.2 cm³/mol. The lowest BCUT2D eigenvalue weighted by Crippen LogP contribution is -2.37. The molecule has 17 heavy (non-hydrogen) atoms. The highest BCUT2D eigenvalue weighted by molar-refractivity contribution is 5.78. The first-order valence-electron chi connectivity index (χ1n) is 5.89. The van der Waals surface area contributed by atoms with Crippen molar-refractivity contribution in [2.45, 2.75) is 26.7 Å². The third-order valence-electron chi connectivity index (χ3n) is 3.24. The molecule has 0 atom stereocenters. The number of H-pyrrole nitrogens is 1. The fourth-order valence-corrected chi connectivity index (χ4v) is 2.24. The molecule has 92 valence electrons. The summed E-state index contributed by atoms with van der Waals surface area (Å²) in [6.07, 6.45) is 1.70. The highest BCUT2D eigenvalue weighted by atomic mass is 16.1. The second-order valence-corrected chi connectivity index (χ2v) is 4.56. The van der Waals surface area contributed by atoms with Crippen LogP contribution < -0.4 is 10.5 Å². The van der Waals surface area contributed by atoms with Gasteiger partial charge in [-0.15, -0.1) is 0 Å². The molecule has 0 amide bonds. The molecule has 0 aromatic carbocycles. The van der Waals surface area contributed by atoms with E-state index in [1.54, 1.807) is 13.8 Å². The maximum Gasteiger partial charge on any atom is 0.252 e. The molecule has 1 aliphatic rings. The molecular formula is C12H17N3O2. The van der Waals surface area contributed by atoms with Gasteiger partial charge in [0.2, 0.25) is 0 Å². The maximum atomic E-state index is 11.3. The minimum Gasteiger partial charge on any atom is -0.356 e. The van der Waals surface area contributed by atoms with E-state index in [4.69, 9.17) is 0 Å². The molecule has 0 radical (unpaired) electrons. The summed E-state index contributed by atoms with van der Waals surface area (Å²) < 4.78 is 0. The Morgan fingerprint density at radius 2 is 2.12 bits per heavy atom. The number of nitrogens with one attached hydrogen (secondary N) is 1. The number of aryl methyl sites for hydroxylation is 1. The third-order valence-corrected chi connectivity index (χ3v) is 3.24. The Labute approximate surface area is 99.9 Å². The van der Waals surface area contributed by atoms with Crippen LogP contribution in [-0.2, 0) is 4.79 Å². The number of hydrogen-bond donors (Lipinski definition) is 1. The number of anilines is 1. The predicted octanol–water partition coefficient (Wildman–Crippen LogP) is 0.884. The smallest absolute Gasteiger partial charge is 0.252 e. The van der Waals surface area contributed by atoms with Crippen molar-refractivity contribution in [3.63, 3.8) is 0 Å². The highest BCUT2D eigenvalue weighted by Crippen LogP contribution is 2.21. The van der Waals surface area contributed by atoms with Gasteiger partial charge in [-0.25, -0.2) is 4.98 Å². The summed E-state index contributed by atoms with van der Waals surface area (Å²) in [6, 6.07) is 1.51. The molecule has 1 aromatic rings. The van der Waals surface area contributed by atoms with Gasteiger partial charge in [0, 0.05) is 25.1 Å². The zero-order chi connectivity index (χ0) is 12.4. The van der Waals surface area contributed by atoms with Crippen molar-refractivity contribution in [1.29, 1.82) is 0 Å². The van der Waals surface area contributed by atoms with Crippen molar-refractivity contribution in [3.8, 4) is 0 Å². The number of Topliss-reactive ketones (excluding diaryl/α,β-unsaturated/α-hetero) is 1. The van der Waals surface area contributed by atoms with E-state index in [-0.39, 0.29) is 17.3 Å². The first-order chi connectivity index (χ1) is 8.06. The van der Waals surface area contributed by atoms with E-state index in [0.717, 1.165) is 25.9 Å². The van der Waals surface area contributed by atoms with E-state index in [1.165, 1.54) is 6.07 Å². The van der Waals surface area contributed by atoms with Crippen LogP contribution in [0.4, 0.5) is 5.82 Å². The van der Waals surface area contributed by atoms with Crippen LogP contribution in [0.2, 0.25) is 0 Å². The summed E-state index contributed by atoms with van der Waals surface area (Å²) >= 11 is 0. The van der Waals surface area contributed by atoms with E-state index in [2.05, 4.69) is 14.9 Å². The second-order valence-electron chi connectivity index (χ2n) is 4.56. The van der Waals surface area contributed by atoms with Gasteiger partial charge in [0.25, 0.3) is 5.56 Å². The summed E-state index contributed by atoms with van der Waals surface area (Å²) in [7, 11) is 0. The van der Waals surface area contributed by atoms with Crippen molar-refractivity contribution in [3.05, 3.63) is 22.2 Å². The summed E-state index contributed by atoms with van der Waals surface area (Å²) in [5, 5.41) is 0. The Morgan fingerprint density at radius 3 is 2.65 bits per heavy atom. The van der Waals surface area contributed by atoms with E-state index in [0.29, 0.717) is 11.6 Å². The number of aromatic nitrogens is 2. The molecule has 0 unspecified atom stereocenters. The number of carbonyl (C=O) groups is 1. The lowest BCUT2D eigenvalue weighted by atomic mass is 9.93. The molecule has 1 saturated heterocycles. The van der Waals surface area contributed by atoms with Crippen LogP contribution in [-0.4, -0.2) is 28.8 Å². The number of piperidine rings is 1. The summed E-state index contributed by atoms with van der Waals surface area (Å²) in [5.74, 6) is 1.78. The highest BCUT2D eigenvalue weighted by Gasteiger charge is 2.23. The Morgan fingerprint density at radius 1 is 1.47 bits per heavy atom. The van der Waals surface area contributed by atoms with E-state index in [9.17, 15) is 9.59 Å². The van der Waals surface area contributed by atoms with Gasteiger partial charge < -0.3 is 9.88 Å². The number of aromatic amines is 1. The summed E-state index contributed by atoms with van der Waals surface area (Å²) in [6.45, 7) is 5.00. The number of rotatable bonds is 2. The summed E-state index contributed by atoms with van der Waals surface area (Å²) in [4.78, 5) is 31.6. The molecule has 1 aromatic heterocycles. The monoisotopic (exact) mass is 235 g/mol. The van der Waals surface area contributed by atoms with Crippen LogP contribution >= 0.6 is 0 Å². The molecular weight excluding hydrogens is 218 g/mol. The van der Waals surface area contributed by atoms with Crippen LogP contribution in [0.3, 0.4) is 0 Å².